The van der Waals surface area contributed by atoms with Gasteiger partial charge in [0, 0.05) is 42.3 Å². The van der Waals surface area contributed by atoms with E-state index >= 15 is 4.39 Å². The van der Waals surface area contributed by atoms with E-state index in [0.29, 0.717) is 55.4 Å². The van der Waals surface area contributed by atoms with E-state index in [-0.39, 0.29) is 41.0 Å². The number of hydrogen-bond acceptors (Lipinski definition) is 7. The Morgan fingerprint density at radius 3 is 2.48 bits per heavy atom. The minimum atomic E-state index is -5.08. The van der Waals surface area contributed by atoms with Gasteiger partial charge < -0.3 is 38.0 Å². The van der Waals surface area contributed by atoms with E-state index in [9.17, 15) is 18.0 Å². The zero-order valence-electron chi connectivity index (χ0n) is 25.6. The summed E-state index contributed by atoms with van der Waals surface area (Å²) in [6.07, 6.45) is -1.32. The largest absolute Gasteiger partial charge is 0.573 e. The number of rotatable bonds is 14. The monoisotopic (exact) mass is 645 g/mol. The van der Waals surface area contributed by atoms with Gasteiger partial charge in [0.1, 0.15) is 5.65 Å². The van der Waals surface area contributed by atoms with Gasteiger partial charge in [0.2, 0.25) is 0 Å². The fourth-order valence-electron chi connectivity index (χ4n) is 5.12. The highest BCUT2D eigenvalue weighted by atomic mass is 19.4. The van der Waals surface area contributed by atoms with Gasteiger partial charge in [-0.3, -0.25) is 4.57 Å². The van der Waals surface area contributed by atoms with Crippen LogP contribution in [0, 0.1) is 5.82 Å². The van der Waals surface area contributed by atoms with Crippen molar-refractivity contribution >= 4 is 17.0 Å². The Bertz CT molecular complexity index is 1710. The summed E-state index contributed by atoms with van der Waals surface area (Å²) < 4.78 is 60.0. The normalized spacial score (nSPS) is 13.8. The van der Waals surface area contributed by atoms with Crippen LogP contribution in [0.15, 0.2) is 58.4 Å². The van der Waals surface area contributed by atoms with E-state index in [1.807, 2.05) is 26.0 Å². The first-order chi connectivity index (χ1) is 21.7. The number of aromatic nitrogens is 3. The average Bonchev–Trinajstić information content (AvgIpc) is 3.38. The lowest BCUT2D eigenvalue weighted by molar-refractivity contribution is -0.275. The Kier molecular flexibility index (Phi) is 11.0. The Morgan fingerprint density at radius 2 is 1.85 bits per heavy atom. The maximum atomic E-state index is 15.4. The highest BCUT2D eigenvalue weighted by Crippen LogP contribution is 2.35. The van der Waals surface area contributed by atoms with Gasteiger partial charge in [-0.15, -0.1) is 13.2 Å². The Balaban J connectivity index is 1.57. The zero-order chi connectivity index (χ0) is 33.6. The molecule has 0 saturated heterocycles. The summed E-state index contributed by atoms with van der Waals surface area (Å²) in [5.41, 5.74) is 24.0. The van der Waals surface area contributed by atoms with E-state index in [1.54, 1.807) is 12.1 Å². The molecule has 0 unspecified atom stereocenters. The van der Waals surface area contributed by atoms with Crippen molar-refractivity contribution in [3.05, 3.63) is 76.1 Å². The van der Waals surface area contributed by atoms with Gasteiger partial charge in [0.25, 0.3) is 0 Å². The minimum absolute atomic E-state index is 0.00756. The molecule has 0 saturated carbocycles. The molecular formula is C31H39F4N9O2. The highest BCUT2D eigenvalue weighted by Gasteiger charge is 2.33. The van der Waals surface area contributed by atoms with Crippen molar-refractivity contribution in [3.8, 4) is 22.7 Å². The molecule has 0 amide bonds. The number of aryl methyl sites for hydroxylation is 1. The SMILES string of the molecule is C[C@H](N)CCCc1cc(OC(F)(F)F)c(F)c(-c2cc3cn(-c4ccc(CN[C@H](C)C[C@@H](CN)N=C(N)N)cc4)c(=O)nc3[nH]2)c1. The van der Waals surface area contributed by atoms with Gasteiger partial charge in [-0.2, -0.15) is 4.98 Å². The fourth-order valence-corrected chi connectivity index (χ4v) is 5.12. The molecule has 2 aromatic carbocycles. The number of hydrogen-bond donors (Lipinski definition) is 6. The number of ether oxygens (including phenoxy) is 1. The molecule has 2 heterocycles. The number of aromatic amines is 1. The highest BCUT2D eigenvalue weighted by molar-refractivity contribution is 5.83. The number of aliphatic imine (C=N–C) groups is 1. The van der Waals surface area contributed by atoms with Crippen LogP contribution in [0.2, 0.25) is 0 Å². The summed E-state index contributed by atoms with van der Waals surface area (Å²) in [4.78, 5) is 24.0. The molecule has 10 N–H and O–H groups in total. The standard InChI is InChI=1S/C31H39F4N9O2/c1-17(37)4-3-5-20-11-24(27(32)26(12-20)46-31(33,34)35)25-13-21-16-44(30(45)43-28(21)42-25)23-8-6-19(7-9-23)15-40-18(2)10-22(14-36)41-29(38)39/h6-9,11-13,16-18,22,40H,3-5,10,14-15,36-37H2,1-2H3,(H4,38,39,41)(H,42,43,45)/t17-,18+,22-/m0/s1. The molecule has 2 aromatic heterocycles. The van der Waals surface area contributed by atoms with Crippen LogP contribution in [0.4, 0.5) is 17.6 Å². The Morgan fingerprint density at radius 1 is 1.13 bits per heavy atom. The second kappa shape index (κ2) is 14.7. The molecule has 0 aliphatic heterocycles. The van der Waals surface area contributed by atoms with Gasteiger partial charge in [-0.05, 0) is 81.0 Å². The van der Waals surface area contributed by atoms with Crippen molar-refractivity contribution in [2.24, 2.45) is 27.9 Å². The number of nitrogens with two attached hydrogens (primary N) is 4. The van der Waals surface area contributed by atoms with Crippen molar-refractivity contribution in [2.45, 2.75) is 70.6 Å². The van der Waals surface area contributed by atoms with Gasteiger partial charge in [-0.1, -0.05) is 12.1 Å². The molecule has 4 rings (SSSR count). The van der Waals surface area contributed by atoms with E-state index in [0.717, 1.165) is 11.6 Å². The second-order valence-corrected chi connectivity index (χ2v) is 11.4. The summed E-state index contributed by atoms with van der Waals surface area (Å²) in [6, 6.07) is 11.1. The van der Waals surface area contributed by atoms with Crippen molar-refractivity contribution in [1.29, 1.82) is 0 Å². The minimum Gasteiger partial charge on any atom is -0.403 e. The van der Waals surface area contributed by atoms with Crippen LogP contribution in [0.5, 0.6) is 5.75 Å². The molecule has 0 radical (unpaired) electrons. The summed E-state index contributed by atoms with van der Waals surface area (Å²) >= 11 is 0. The predicted octanol–water partition coefficient (Wildman–Crippen LogP) is 3.56. The number of alkyl halides is 3. The molecular weight excluding hydrogens is 606 g/mol. The molecule has 0 aliphatic rings. The first kappa shape index (κ1) is 34.4. The Labute approximate surface area is 263 Å². The summed E-state index contributed by atoms with van der Waals surface area (Å²) in [5.74, 6) is -2.14. The van der Waals surface area contributed by atoms with Crippen molar-refractivity contribution in [2.75, 3.05) is 6.54 Å². The van der Waals surface area contributed by atoms with Crippen LogP contribution in [0.25, 0.3) is 28.0 Å². The fraction of sp³-hybridized carbons (Fsp3) is 0.387. The molecule has 46 heavy (non-hydrogen) atoms. The maximum absolute atomic E-state index is 15.4. The molecule has 0 bridgehead atoms. The van der Waals surface area contributed by atoms with E-state index in [4.69, 9.17) is 22.9 Å². The Hall–Kier alpha value is -4.47. The lowest BCUT2D eigenvalue weighted by atomic mass is 10.0. The third-order valence-electron chi connectivity index (χ3n) is 7.35. The molecule has 3 atom stereocenters. The van der Waals surface area contributed by atoms with Gasteiger partial charge in [0.15, 0.2) is 17.5 Å². The van der Waals surface area contributed by atoms with E-state index in [1.165, 1.54) is 22.9 Å². The van der Waals surface area contributed by atoms with E-state index < -0.39 is 23.6 Å². The molecule has 15 heteroatoms. The molecule has 0 fully saturated rings. The number of H-pyrrole nitrogens is 1. The van der Waals surface area contributed by atoms with Crippen LogP contribution in [0.3, 0.4) is 0 Å². The number of fused-ring (bicyclic) bond motifs is 1. The summed E-state index contributed by atoms with van der Waals surface area (Å²) in [5, 5.41) is 3.84. The topological polar surface area (TPSA) is 188 Å². The molecule has 0 aliphatic carbocycles. The van der Waals surface area contributed by atoms with Crippen molar-refractivity contribution in [1.82, 2.24) is 19.9 Å². The van der Waals surface area contributed by atoms with Crippen LogP contribution < -0.4 is 38.7 Å². The van der Waals surface area contributed by atoms with Crippen molar-refractivity contribution < 1.29 is 22.3 Å². The van der Waals surface area contributed by atoms with Gasteiger partial charge in [-0.25, -0.2) is 14.2 Å². The quantitative estimate of drug-likeness (QED) is 0.0682. The van der Waals surface area contributed by atoms with E-state index in [2.05, 4.69) is 25.0 Å². The third-order valence-corrected chi connectivity index (χ3v) is 7.35. The predicted molar refractivity (Wildman–Crippen MR) is 170 cm³/mol. The van der Waals surface area contributed by atoms with Crippen LogP contribution in [0.1, 0.15) is 44.2 Å². The molecule has 11 nitrogen and oxygen atoms in total. The number of nitrogens with zero attached hydrogens (tertiary/aromatic N) is 3. The third kappa shape index (κ3) is 9.28. The van der Waals surface area contributed by atoms with Crippen LogP contribution in [-0.4, -0.2) is 51.5 Å². The number of benzene rings is 2. The molecule has 0 spiro atoms. The lowest BCUT2D eigenvalue weighted by Gasteiger charge is -2.18. The van der Waals surface area contributed by atoms with Gasteiger partial charge >= 0.3 is 12.1 Å². The first-order valence-electron chi connectivity index (χ1n) is 14.8. The first-order valence-corrected chi connectivity index (χ1v) is 14.8. The molecule has 248 valence electrons. The number of guanidine groups is 1. The lowest BCUT2D eigenvalue weighted by Crippen LogP contribution is -2.34. The summed E-state index contributed by atoms with van der Waals surface area (Å²) in [6.45, 7) is 4.69. The molecule has 4 aromatic rings. The number of halogens is 4. The van der Waals surface area contributed by atoms with Crippen LogP contribution >= 0.6 is 0 Å². The summed E-state index contributed by atoms with van der Waals surface area (Å²) in [7, 11) is 0. The number of nitrogens with one attached hydrogen (secondary N) is 2. The zero-order valence-corrected chi connectivity index (χ0v) is 25.6. The van der Waals surface area contributed by atoms with Crippen LogP contribution in [-0.2, 0) is 13.0 Å². The van der Waals surface area contributed by atoms with Gasteiger partial charge in [0.05, 0.1) is 17.4 Å². The maximum Gasteiger partial charge on any atom is 0.573 e. The average molecular weight is 646 g/mol. The second-order valence-electron chi connectivity index (χ2n) is 11.4. The van der Waals surface area contributed by atoms with Crippen molar-refractivity contribution in [3.63, 3.8) is 0 Å². The smallest absolute Gasteiger partial charge is 0.403 e.